The number of imidazole rings is 1. The van der Waals surface area contributed by atoms with E-state index in [4.69, 9.17) is 9.47 Å². The molecule has 1 aliphatic rings. The normalized spacial score (nSPS) is 17.3. The van der Waals surface area contributed by atoms with Gasteiger partial charge in [0.15, 0.2) is 0 Å². The van der Waals surface area contributed by atoms with E-state index in [-0.39, 0.29) is 6.61 Å². The number of hydrogen-bond donors (Lipinski definition) is 1. The molecule has 3 rings (SSSR count). The van der Waals surface area contributed by atoms with Gasteiger partial charge in [0.05, 0.1) is 25.2 Å². The maximum absolute atomic E-state index is 10.1. The van der Waals surface area contributed by atoms with Gasteiger partial charge in [-0.3, -0.25) is 4.90 Å². The zero-order valence-electron chi connectivity index (χ0n) is 12.5. The Labute approximate surface area is 129 Å². The molecule has 2 aromatic rings. The van der Waals surface area contributed by atoms with Crippen molar-refractivity contribution in [2.75, 3.05) is 39.5 Å². The highest BCUT2D eigenvalue weighted by Crippen LogP contribution is 2.16. The molecule has 1 aromatic heterocycles. The lowest BCUT2D eigenvalue weighted by Crippen LogP contribution is -2.42. The monoisotopic (exact) mass is 303 g/mol. The molecule has 1 saturated heterocycles. The van der Waals surface area contributed by atoms with Crippen molar-refractivity contribution in [3.05, 3.63) is 43.0 Å². The number of benzene rings is 1. The first kappa shape index (κ1) is 15.0. The van der Waals surface area contributed by atoms with Crippen LogP contribution in [0.15, 0.2) is 43.0 Å². The van der Waals surface area contributed by atoms with Gasteiger partial charge in [0.25, 0.3) is 0 Å². The number of aromatic nitrogens is 2. The number of morpholine rings is 1. The quantitative estimate of drug-likeness (QED) is 0.861. The first-order valence-electron chi connectivity index (χ1n) is 7.50. The van der Waals surface area contributed by atoms with Crippen molar-refractivity contribution in [3.63, 3.8) is 0 Å². The van der Waals surface area contributed by atoms with Gasteiger partial charge in [0.2, 0.25) is 0 Å². The highest BCUT2D eigenvalue weighted by atomic mass is 16.5. The molecule has 0 amide bonds. The minimum atomic E-state index is -0.505. The molecule has 6 heteroatoms. The first-order chi connectivity index (χ1) is 10.8. The van der Waals surface area contributed by atoms with E-state index in [0.29, 0.717) is 6.54 Å². The molecule has 1 aromatic carbocycles. The minimum absolute atomic E-state index is 0.282. The van der Waals surface area contributed by atoms with Crippen molar-refractivity contribution in [3.8, 4) is 11.4 Å². The predicted molar refractivity (Wildman–Crippen MR) is 82.3 cm³/mol. The van der Waals surface area contributed by atoms with E-state index in [1.165, 1.54) is 0 Å². The number of aliphatic hydroxyl groups is 1. The summed E-state index contributed by atoms with van der Waals surface area (Å²) in [5.74, 6) is 0.743. The van der Waals surface area contributed by atoms with Gasteiger partial charge in [0.1, 0.15) is 18.5 Å². The van der Waals surface area contributed by atoms with E-state index in [1.54, 1.807) is 12.5 Å². The van der Waals surface area contributed by atoms with E-state index in [0.717, 1.165) is 37.7 Å². The topological polar surface area (TPSA) is 59.8 Å². The van der Waals surface area contributed by atoms with Gasteiger partial charge in [-0.05, 0) is 12.1 Å². The van der Waals surface area contributed by atoms with Crippen LogP contribution in [0.25, 0.3) is 5.69 Å². The Morgan fingerprint density at radius 2 is 2.18 bits per heavy atom. The average molecular weight is 303 g/mol. The van der Waals surface area contributed by atoms with Gasteiger partial charge in [-0.15, -0.1) is 0 Å². The van der Waals surface area contributed by atoms with Crippen LogP contribution in [0.5, 0.6) is 5.75 Å². The van der Waals surface area contributed by atoms with E-state index < -0.39 is 6.10 Å². The number of β-amino-alcohol motifs (C(OH)–C–C–N with tert-alkyl or cyclic N) is 1. The maximum Gasteiger partial charge on any atom is 0.121 e. The molecule has 6 nitrogen and oxygen atoms in total. The van der Waals surface area contributed by atoms with Crippen molar-refractivity contribution < 1.29 is 14.6 Å². The number of rotatable bonds is 6. The number of hydrogen-bond acceptors (Lipinski definition) is 5. The fourth-order valence-corrected chi connectivity index (χ4v) is 2.47. The summed E-state index contributed by atoms with van der Waals surface area (Å²) in [7, 11) is 0. The second-order valence-electron chi connectivity index (χ2n) is 5.35. The second-order valence-corrected chi connectivity index (χ2v) is 5.35. The van der Waals surface area contributed by atoms with Crippen molar-refractivity contribution in [1.82, 2.24) is 14.5 Å². The molecule has 0 spiro atoms. The molecule has 1 unspecified atom stereocenters. The van der Waals surface area contributed by atoms with Crippen LogP contribution >= 0.6 is 0 Å². The van der Waals surface area contributed by atoms with E-state index >= 15 is 0 Å². The third-order valence-electron chi connectivity index (χ3n) is 3.64. The molecule has 1 aliphatic heterocycles. The van der Waals surface area contributed by atoms with Gasteiger partial charge >= 0.3 is 0 Å². The lowest BCUT2D eigenvalue weighted by molar-refractivity contribution is 0.00465. The Hall–Kier alpha value is -1.89. The molecule has 0 aliphatic carbocycles. The van der Waals surface area contributed by atoms with Crippen LogP contribution in [0.3, 0.4) is 0 Å². The standard InChI is InChI=1S/C16H21N3O3/c20-15(11-18-6-8-21-9-7-18)12-22-16-3-1-2-14(10-16)19-5-4-17-13-19/h1-5,10,13,15,20H,6-9,11-12H2. The molecule has 0 saturated carbocycles. The van der Waals surface area contributed by atoms with Gasteiger partial charge < -0.3 is 19.1 Å². The summed E-state index contributed by atoms with van der Waals surface area (Å²) < 4.78 is 12.9. The van der Waals surface area contributed by atoms with E-state index in [2.05, 4.69) is 9.88 Å². The third-order valence-corrected chi connectivity index (χ3v) is 3.64. The van der Waals surface area contributed by atoms with Crippen LogP contribution in [0, 0.1) is 0 Å². The Morgan fingerprint density at radius 3 is 2.95 bits per heavy atom. The summed E-state index contributed by atoms with van der Waals surface area (Å²) in [6, 6.07) is 7.74. The smallest absolute Gasteiger partial charge is 0.121 e. The van der Waals surface area contributed by atoms with Crippen LogP contribution in [0.1, 0.15) is 0 Å². The van der Waals surface area contributed by atoms with Gasteiger partial charge in [-0.1, -0.05) is 6.07 Å². The van der Waals surface area contributed by atoms with Gasteiger partial charge in [0, 0.05) is 38.1 Å². The van der Waals surface area contributed by atoms with E-state index in [1.807, 2.05) is 35.0 Å². The third kappa shape index (κ3) is 4.07. The average Bonchev–Trinajstić information content (AvgIpc) is 3.09. The summed E-state index contributed by atoms with van der Waals surface area (Å²) in [6.07, 6.45) is 4.85. The van der Waals surface area contributed by atoms with Crippen LogP contribution in [0.4, 0.5) is 0 Å². The molecular formula is C16H21N3O3. The molecule has 22 heavy (non-hydrogen) atoms. The highest BCUT2D eigenvalue weighted by molar-refractivity contribution is 5.39. The lowest BCUT2D eigenvalue weighted by Gasteiger charge is -2.28. The second kappa shape index (κ2) is 7.40. The summed E-state index contributed by atoms with van der Waals surface area (Å²) in [6.45, 7) is 4.11. The first-order valence-corrected chi connectivity index (χ1v) is 7.50. The minimum Gasteiger partial charge on any atom is -0.491 e. The fraction of sp³-hybridized carbons (Fsp3) is 0.438. The largest absolute Gasteiger partial charge is 0.491 e. The van der Waals surface area contributed by atoms with Crippen LogP contribution in [0.2, 0.25) is 0 Å². The number of aliphatic hydroxyl groups excluding tert-OH is 1. The summed E-state index contributed by atoms with van der Waals surface area (Å²) >= 11 is 0. The molecule has 0 radical (unpaired) electrons. The highest BCUT2D eigenvalue weighted by Gasteiger charge is 2.15. The fourth-order valence-electron chi connectivity index (χ4n) is 2.47. The molecule has 1 N–H and O–H groups in total. The van der Waals surface area contributed by atoms with Crippen molar-refractivity contribution >= 4 is 0 Å². The zero-order chi connectivity index (χ0) is 15.2. The Balaban J connectivity index is 1.51. The van der Waals surface area contributed by atoms with Crippen molar-refractivity contribution in [1.29, 1.82) is 0 Å². The van der Waals surface area contributed by atoms with Crippen molar-refractivity contribution in [2.24, 2.45) is 0 Å². The maximum atomic E-state index is 10.1. The SMILES string of the molecule is OC(COc1cccc(-n2ccnc2)c1)CN1CCOCC1. The zero-order valence-corrected chi connectivity index (χ0v) is 12.5. The molecule has 118 valence electrons. The summed E-state index contributed by atoms with van der Waals surface area (Å²) in [4.78, 5) is 6.23. The molecule has 1 fully saturated rings. The molecule has 2 heterocycles. The van der Waals surface area contributed by atoms with Crippen LogP contribution in [-0.2, 0) is 4.74 Å². The number of nitrogens with zero attached hydrogens (tertiary/aromatic N) is 3. The van der Waals surface area contributed by atoms with Crippen molar-refractivity contribution in [2.45, 2.75) is 6.10 Å². The summed E-state index contributed by atoms with van der Waals surface area (Å²) in [5.41, 5.74) is 0.984. The Kier molecular flexibility index (Phi) is 5.05. The van der Waals surface area contributed by atoms with E-state index in [9.17, 15) is 5.11 Å². The Bertz CT molecular complexity index is 568. The summed E-state index contributed by atoms with van der Waals surface area (Å²) in [5, 5.41) is 10.1. The van der Waals surface area contributed by atoms with Crippen LogP contribution < -0.4 is 4.74 Å². The lowest BCUT2D eigenvalue weighted by atomic mass is 10.3. The molecule has 1 atom stereocenters. The Morgan fingerprint density at radius 1 is 1.32 bits per heavy atom. The molecule has 0 bridgehead atoms. The number of ether oxygens (including phenoxy) is 2. The van der Waals surface area contributed by atoms with Gasteiger partial charge in [-0.25, -0.2) is 4.98 Å². The van der Waals surface area contributed by atoms with Crippen LogP contribution in [-0.4, -0.2) is 65.1 Å². The molecular weight excluding hydrogens is 282 g/mol. The predicted octanol–water partition coefficient (Wildman–Crippen LogP) is 0.944. The van der Waals surface area contributed by atoms with Gasteiger partial charge in [-0.2, -0.15) is 0 Å².